The Hall–Kier alpha value is -2.10. The predicted molar refractivity (Wildman–Crippen MR) is 94.5 cm³/mol. The molecule has 6 N–H and O–H groups in total. The molecule has 2 saturated carbocycles. The molecule has 25 heavy (non-hydrogen) atoms. The highest BCUT2D eigenvalue weighted by Gasteiger charge is 2.42. The summed E-state index contributed by atoms with van der Waals surface area (Å²) in [5, 5.41) is 5.47. The molecule has 0 spiro atoms. The van der Waals surface area contributed by atoms with Crippen molar-refractivity contribution in [1.82, 2.24) is 25.6 Å². The first-order chi connectivity index (χ1) is 11.9. The normalized spacial score (nSPS) is 25.6. The number of thioether (sulfide) groups is 1. The van der Waals surface area contributed by atoms with Gasteiger partial charge < -0.3 is 16.8 Å². The maximum absolute atomic E-state index is 12.0. The SMILES string of the molecule is C[C@H](NC(=O)NC(=O)CSc1nc(N)nc(N)n1)[C@@H]1C[C@H]2CC[C@H]1C2. The van der Waals surface area contributed by atoms with E-state index in [1.54, 1.807) is 0 Å². The van der Waals surface area contributed by atoms with Crippen molar-refractivity contribution in [2.24, 2.45) is 17.8 Å². The number of nitrogens with two attached hydrogens (primary N) is 2. The van der Waals surface area contributed by atoms with E-state index in [-0.39, 0.29) is 28.8 Å². The summed E-state index contributed by atoms with van der Waals surface area (Å²) in [5.74, 6) is 1.59. The highest BCUT2D eigenvalue weighted by Crippen LogP contribution is 2.49. The van der Waals surface area contributed by atoms with E-state index in [0.29, 0.717) is 11.8 Å². The van der Waals surface area contributed by atoms with Gasteiger partial charge in [-0.1, -0.05) is 18.2 Å². The van der Waals surface area contributed by atoms with E-state index in [4.69, 9.17) is 11.5 Å². The van der Waals surface area contributed by atoms with Crippen LogP contribution in [0.2, 0.25) is 0 Å². The molecule has 2 aliphatic rings. The van der Waals surface area contributed by atoms with E-state index in [0.717, 1.165) is 17.7 Å². The molecule has 0 aliphatic heterocycles. The van der Waals surface area contributed by atoms with Crippen LogP contribution >= 0.6 is 11.8 Å². The molecule has 3 rings (SSSR count). The second-order valence-electron chi connectivity index (χ2n) is 6.77. The fraction of sp³-hybridized carbons (Fsp3) is 0.667. The van der Waals surface area contributed by atoms with Gasteiger partial charge in [-0.05, 0) is 43.9 Å². The lowest BCUT2D eigenvalue weighted by Gasteiger charge is -2.28. The van der Waals surface area contributed by atoms with Gasteiger partial charge in [-0.15, -0.1) is 0 Å². The van der Waals surface area contributed by atoms with Gasteiger partial charge in [0.05, 0.1) is 5.75 Å². The molecule has 10 heteroatoms. The zero-order chi connectivity index (χ0) is 18.0. The molecule has 2 fully saturated rings. The number of amides is 3. The molecule has 0 saturated heterocycles. The van der Waals surface area contributed by atoms with Gasteiger partial charge in [0.15, 0.2) is 5.16 Å². The van der Waals surface area contributed by atoms with Gasteiger partial charge in [-0.3, -0.25) is 10.1 Å². The number of nitrogens with one attached hydrogen (secondary N) is 2. The lowest BCUT2D eigenvalue weighted by Crippen LogP contribution is -2.47. The molecule has 4 atom stereocenters. The van der Waals surface area contributed by atoms with E-state index in [1.165, 1.54) is 25.7 Å². The van der Waals surface area contributed by atoms with Crippen LogP contribution in [0.3, 0.4) is 0 Å². The molecule has 3 amide bonds. The van der Waals surface area contributed by atoms with Crippen molar-refractivity contribution in [2.45, 2.75) is 43.8 Å². The first-order valence-electron chi connectivity index (χ1n) is 8.41. The third kappa shape index (κ3) is 4.50. The minimum atomic E-state index is -0.462. The predicted octanol–water partition coefficient (Wildman–Crippen LogP) is 0.779. The van der Waals surface area contributed by atoms with Crippen LogP contribution in [0.5, 0.6) is 0 Å². The van der Waals surface area contributed by atoms with Crippen LogP contribution in [-0.2, 0) is 4.79 Å². The zero-order valence-electron chi connectivity index (χ0n) is 14.1. The average Bonchev–Trinajstić information content (AvgIpc) is 3.15. The van der Waals surface area contributed by atoms with E-state index in [9.17, 15) is 9.59 Å². The van der Waals surface area contributed by atoms with Gasteiger partial charge in [0.1, 0.15) is 0 Å². The Labute approximate surface area is 150 Å². The van der Waals surface area contributed by atoms with Crippen LogP contribution in [0, 0.1) is 17.8 Å². The highest BCUT2D eigenvalue weighted by molar-refractivity contribution is 7.99. The number of fused-ring (bicyclic) bond motifs is 2. The molecule has 1 heterocycles. The minimum absolute atomic E-state index is 0.00663. The lowest BCUT2D eigenvalue weighted by molar-refractivity contribution is -0.117. The minimum Gasteiger partial charge on any atom is -0.368 e. The number of nitrogens with zero attached hydrogens (tertiary/aromatic N) is 3. The molecule has 1 aromatic rings. The molecule has 1 aromatic heterocycles. The Bertz CT molecular complexity index is 651. The van der Waals surface area contributed by atoms with Crippen molar-refractivity contribution in [2.75, 3.05) is 17.2 Å². The van der Waals surface area contributed by atoms with Gasteiger partial charge in [0.25, 0.3) is 0 Å². The van der Waals surface area contributed by atoms with E-state index >= 15 is 0 Å². The summed E-state index contributed by atoms with van der Waals surface area (Å²) in [6, 6.07) is -0.394. The van der Waals surface area contributed by atoms with E-state index in [1.807, 2.05) is 6.92 Å². The molecule has 0 unspecified atom stereocenters. The number of urea groups is 1. The van der Waals surface area contributed by atoms with Crippen molar-refractivity contribution in [3.8, 4) is 0 Å². The molecular weight excluding hydrogens is 342 g/mol. The summed E-state index contributed by atoms with van der Waals surface area (Å²) in [4.78, 5) is 35.3. The summed E-state index contributed by atoms with van der Waals surface area (Å²) in [5.41, 5.74) is 10.9. The third-order valence-corrected chi connectivity index (χ3v) is 5.88. The van der Waals surface area contributed by atoms with Crippen LogP contribution in [-0.4, -0.2) is 38.7 Å². The molecular formula is C15H23N7O2S. The number of anilines is 2. The fourth-order valence-corrected chi connectivity index (χ4v) is 4.65. The Morgan fingerprint density at radius 3 is 2.52 bits per heavy atom. The Morgan fingerprint density at radius 2 is 1.92 bits per heavy atom. The number of hydrogen-bond donors (Lipinski definition) is 4. The fourth-order valence-electron chi connectivity index (χ4n) is 4.00. The van der Waals surface area contributed by atoms with Gasteiger partial charge in [-0.25, -0.2) is 4.79 Å². The van der Waals surface area contributed by atoms with Gasteiger partial charge in [0.2, 0.25) is 17.8 Å². The Morgan fingerprint density at radius 1 is 1.20 bits per heavy atom. The summed E-state index contributed by atoms with van der Waals surface area (Å²) in [7, 11) is 0. The van der Waals surface area contributed by atoms with Crippen LogP contribution in [0.25, 0.3) is 0 Å². The molecule has 0 radical (unpaired) electrons. The van der Waals surface area contributed by atoms with Crippen molar-refractivity contribution in [3.05, 3.63) is 0 Å². The largest absolute Gasteiger partial charge is 0.368 e. The van der Waals surface area contributed by atoms with E-state index < -0.39 is 11.9 Å². The summed E-state index contributed by atoms with van der Waals surface area (Å²) in [6.45, 7) is 2.01. The quantitative estimate of drug-likeness (QED) is 0.559. The molecule has 9 nitrogen and oxygen atoms in total. The number of rotatable bonds is 5. The maximum atomic E-state index is 12.0. The maximum Gasteiger partial charge on any atom is 0.321 e. The van der Waals surface area contributed by atoms with Gasteiger partial charge in [-0.2, -0.15) is 15.0 Å². The summed E-state index contributed by atoms with van der Waals surface area (Å²) in [6.07, 6.45) is 5.04. The molecule has 2 aliphatic carbocycles. The first kappa shape index (κ1) is 17.7. The van der Waals surface area contributed by atoms with Gasteiger partial charge >= 0.3 is 6.03 Å². The number of imide groups is 1. The summed E-state index contributed by atoms with van der Waals surface area (Å²) < 4.78 is 0. The third-order valence-electron chi connectivity index (χ3n) is 5.03. The van der Waals surface area contributed by atoms with Crippen LogP contribution in [0.15, 0.2) is 5.16 Å². The van der Waals surface area contributed by atoms with Crippen LogP contribution in [0.4, 0.5) is 16.7 Å². The lowest BCUT2D eigenvalue weighted by atomic mass is 9.84. The number of carbonyl (C=O) groups is 2. The topological polar surface area (TPSA) is 149 Å². The van der Waals surface area contributed by atoms with Crippen LogP contribution < -0.4 is 22.1 Å². The summed E-state index contributed by atoms with van der Waals surface area (Å²) >= 11 is 1.04. The molecule has 2 bridgehead atoms. The van der Waals surface area contributed by atoms with Crippen LogP contribution in [0.1, 0.15) is 32.6 Å². The van der Waals surface area contributed by atoms with Crippen molar-refractivity contribution in [3.63, 3.8) is 0 Å². The number of hydrogen-bond acceptors (Lipinski definition) is 8. The second-order valence-corrected chi connectivity index (χ2v) is 7.71. The first-order valence-corrected chi connectivity index (χ1v) is 9.39. The standard InChI is InChI=1S/C15H23N7O2S/c1-7(10-5-8-2-3-9(10)4-8)18-14(24)19-11(23)6-25-15-21-12(16)20-13(17)22-15/h7-10H,2-6H2,1H3,(H2,18,19,23,24)(H4,16,17,20,21,22)/t7-,8-,9-,10-/m0/s1. The Kier molecular flexibility index (Phi) is 5.26. The number of aromatic nitrogens is 3. The van der Waals surface area contributed by atoms with Gasteiger partial charge in [0, 0.05) is 6.04 Å². The number of carbonyl (C=O) groups excluding carboxylic acids is 2. The molecule has 0 aromatic carbocycles. The smallest absolute Gasteiger partial charge is 0.321 e. The van der Waals surface area contributed by atoms with E-state index in [2.05, 4.69) is 25.6 Å². The monoisotopic (exact) mass is 365 g/mol. The Balaban J connectivity index is 1.42. The van der Waals surface area contributed by atoms with Crippen molar-refractivity contribution in [1.29, 1.82) is 0 Å². The molecule has 136 valence electrons. The average molecular weight is 365 g/mol. The van der Waals surface area contributed by atoms with Crippen molar-refractivity contribution >= 4 is 35.6 Å². The number of nitrogen functional groups attached to an aromatic ring is 2. The zero-order valence-corrected chi connectivity index (χ0v) is 14.9. The second kappa shape index (κ2) is 7.42. The highest BCUT2D eigenvalue weighted by atomic mass is 32.2. The van der Waals surface area contributed by atoms with Crippen molar-refractivity contribution < 1.29 is 9.59 Å².